The molecule has 8 heteroatoms. The average Bonchev–Trinajstić information content (AvgIpc) is 2.74. The number of anilines is 1. The number of hydrogen-bond donors (Lipinski definition) is 1. The lowest BCUT2D eigenvalue weighted by Gasteiger charge is -2.11. The minimum absolute atomic E-state index is 0.197. The van der Waals surface area contributed by atoms with E-state index in [2.05, 4.69) is 20.7 Å². The standard InChI is InChI=1S/C23H20BrNO5S/c1-15-3-4-16(2)22(13-15)31(28,29)25-20-11-7-18(8-12-20)23(27)30-14-21(26)17-5-9-19(24)10-6-17/h3-13,25H,14H2,1-2H3. The van der Waals surface area contributed by atoms with Crippen molar-refractivity contribution in [1.82, 2.24) is 0 Å². The molecule has 3 aromatic rings. The minimum Gasteiger partial charge on any atom is -0.454 e. The molecule has 160 valence electrons. The molecule has 0 saturated heterocycles. The van der Waals surface area contributed by atoms with Crippen LogP contribution < -0.4 is 4.72 Å². The van der Waals surface area contributed by atoms with Gasteiger partial charge in [-0.25, -0.2) is 13.2 Å². The van der Waals surface area contributed by atoms with E-state index in [1.807, 2.05) is 13.0 Å². The summed E-state index contributed by atoms with van der Waals surface area (Å²) in [5, 5.41) is 0. The van der Waals surface area contributed by atoms with Crippen LogP contribution in [0.3, 0.4) is 0 Å². The first-order valence-corrected chi connectivity index (χ1v) is 11.6. The fraction of sp³-hybridized carbons (Fsp3) is 0.130. The van der Waals surface area contributed by atoms with E-state index in [1.165, 1.54) is 24.3 Å². The molecule has 0 unspecified atom stereocenters. The van der Waals surface area contributed by atoms with Crippen molar-refractivity contribution in [3.8, 4) is 0 Å². The second-order valence-corrected chi connectivity index (χ2v) is 9.52. The zero-order chi connectivity index (χ0) is 22.6. The van der Waals surface area contributed by atoms with Gasteiger partial charge in [0.25, 0.3) is 10.0 Å². The first-order valence-electron chi connectivity index (χ1n) is 9.32. The third-order valence-electron chi connectivity index (χ3n) is 4.51. The molecule has 0 aliphatic rings. The number of esters is 1. The highest BCUT2D eigenvalue weighted by Gasteiger charge is 2.18. The molecule has 0 fully saturated rings. The van der Waals surface area contributed by atoms with E-state index >= 15 is 0 Å². The molecule has 0 bridgehead atoms. The van der Waals surface area contributed by atoms with Crippen LogP contribution in [0.4, 0.5) is 5.69 Å². The quantitative estimate of drug-likeness (QED) is 0.367. The Bertz CT molecular complexity index is 1220. The number of Topliss-reactive ketones (excluding diaryl/α,β-unsaturated/α-hetero) is 1. The maximum absolute atomic E-state index is 12.7. The van der Waals surface area contributed by atoms with Crippen molar-refractivity contribution >= 4 is 43.4 Å². The molecular weight excluding hydrogens is 482 g/mol. The Morgan fingerprint density at radius 1 is 0.903 bits per heavy atom. The highest BCUT2D eigenvalue weighted by molar-refractivity contribution is 9.10. The van der Waals surface area contributed by atoms with Crippen molar-refractivity contribution in [2.24, 2.45) is 0 Å². The highest BCUT2D eigenvalue weighted by atomic mass is 79.9. The molecule has 0 radical (unpaired) electrons. The summed E-state index contributed by atoms with van der Waals surface area (Å²) in [4.78, 5) is 24.5. The lowest BCUT2D eigenvalue weighted by Crippen LogP contribution is -2.15. The third kappa shape index (κ3) is 5.80. The summed E-state index contributed by atoms with van der Waals surface area (Å²) in [5.74, 6) is -0.992. The van der Waals surface area contributed by atoms with Gasteiger partial charge in [-0.15, -0.1) is 0 Å². The van der Waals surface area contributed by atoms with Crippen molar-refractivity contribution in [1.29, 1.82) is 0 Å². The molecule has 0 aromatic heterocycles. The monoisotopic (exact) mass is 501 g/mol. The molecule has 0 spiro atoms. The highest BCUT2D eigenvalue weighted by Crippen LogP contribution is 2.21. The van der Waals surface area contributed by atoms with E-state index in [0.717, 1.165) is 10.0 Å². The summed E-state index contributed by atoms with van der Waals surface area (Å²) in [6.07, 6.45) is 0. The maximum Gasteiger partial charge on any atom is 0.338 e. The van der Waals surface area contributed by atoms with Crippen LogP contribution in [0.5, 0.6) is 0 Å². The summed E-state index contributed by atoms with van der Waals surface area (Å²) in [6, 6.07) is 17.7. The van der Waals surface area contributed by atoms with E-state index in [0.29, 0.717) is 16.8 Å². The fourth-order valence-corrected chi connectivity index (χ4v) is 4.47. The van der Waals surface area contributed by atoms with Crippen LogP contribution >= 0.6 is 15.9 Å². The van der Waals surface area contributed by atoms with Crippen molar-refractivity contribution in [3.05, 3.63) is 93.5 Å². The molecule has 3 aromatic carbocycles. The molecule has 0 amide bonds. The topological polar surface area (TPSA) is 89.5 Å². The predicted octanol–water partition coefficient (Wildman–Crippen LogP) is 4.91. The molecule has 0 aliphatic carbocycles. The number of ketones is 1. The number of carbonyl (C=O) groups excluding carboxylic acids is 2. The smallest absolute Gasteiger partial charge is 0.338 e. The second-order valence-electron chi connectivity index (χ2n) is 6.96. The van der Waals surface area contributed by atoms with Gasteiger partial charge in [0, 0.05) is 15.7 Å². The Morgan fingerprint density at radius 3 is 2.16 bits per heavy atom. The first kappa shape index (κ1) is 22.7. The first-order chi connectivity index (χ1) is 14.7. The van der Waals surface area contributed by atoms with E-state index in [-0.39, 0.29) is 22.8 Å². The van der Waals surface area contributed by atoms with Crippen LogP contribution in [0.15, 0.2) is 76.1 Å². The van der Waals surface area contributed by atoms with Crippen LogP contribution in [-0.4, -0.2) is 26.8 Å². The van der Waals surface area contributed by atoms with Gasteiger partial charge in [-0.2, -0.15) is 0 Å². The molecule has 1 N–H and O–H groups in total. The second kappa shape index (κ2) is 9.45. The predicted molar refractivity (Wildman–Crippen MR) is 122 cm³/mol. The number of sulfonamides is 1. The van der Waals surface area contributed by atoms with Crippen molar-refractivity contribution in [2.45, 2.75) is 18.7 Å². The SMILES string of the molecule is Cc1ccc(C)c(S(=O)(=O)Nc2ccc(C(=O)OCC(=O)c3ccc(Br)cc3)cc2)c1. The van der Waals surface area contributed by atoms with Gasteiger partial charge < -0.3 is 4.74 Å². The average molecular weight is 502 g/mol. The molecule has 6 nitrogen and oxygen atoms in total. The number of carbonyl (C=O) groups is 2. The molecular formula is C23H20BrNO5S. The molecule has 0 heterocycles. The number of aryl methyl sites for hydroxylation is 2. The Kier molecular flexibility index (Phi) is 6.92. The molecule has 0 saturated carbocycles. The Labute approximate surface area is 189 Å². The van der Waals surface area contributed by atoms with Crippen LogP contribution in [0.2, 0.25) is 0 Å². The summed E-state index contributed by atoms with van der Waals surface area (Å²) in [6.45, 7) is 3.16. The van der Waals surface area contributed by atoms with Crippen molar-refractivity contribution < 1.29 is 22.7 Å². The van der Waals surface area contributed by atoms with Crippen LogP contribution in [0.1, 0.15) is 31.8 Å². The van der Waals surface area contributed by atoms with Gasteiger partial charge >= 0.3 is 5.97 Å². The summed E-state index contributed by atoms with van der Waals surface area (Å²) in [5.41, 5.74) is 2.42. The van der Waals surface area contributed by atoms with E-state index in [4.69, 9.17) is 4.74 Å². The lowest BCUT2D eigenvalue weighted by atomic mass is 10.1. The maximum atomic E-state index is 12.7. The van der Waals surface area contributed by atoms with Crippen molar-refractivity contribution in [2.75, 3.05) is 11.3 Å². The number of nitrogens with one attached hydrogen (secondary N) is 1. The Balaban J connectivity index is 1.64. The molecule has 3 rings (SSSR count). The van der Waals surface area contributed by atoms with E-state index < -0.39 is 16.0 Å². The molecule has 31 heavy (non-hydrogen) atoms. The van der Waals surface area contributed by atoms with Crippen LogP contribution in [0, 0.1) is 13.8 Å². The number of benzene rings is 3. The van der Waals surface area contributed by atoms with Crippen LogP contribution in [-0.2, 0) is 14.8 Å². The minimum atomic E-state index is -3.77. The molecule has 0 atom stereocenters. The number of rotatable bonds is 7. The third-order valence-corrected chi connectivity index (χ3v) is 6.56. The normalized spacial score (nSPS) is 11.1. The fourth-order valence-electron chi connectivity index (χ4n) is 2.81. The van der Waals surface area contributed by atoms with Crippen molar-refractivity contribution in [3.63, 3.8) is 0 Å². The van der Waals surface area contributed by atoms with Gasteiger partial charge in [0.05, 0.1) is 10.5 Å². The van der Waals surface area contributed by atoms with Gasteiger partial charge in [0.1, 0.15) is 0 Å². The lowest BCUT2D eigenvalue weighted by molar-refractivity contribution is 0.0475. The zero-order valence-electron chi connectivity index (χ0n) is 16.9. The van der Waals surface area contributed by atoms with Gasteiger partial charge in [-0.3, -0.25) is 9.52 Å². The molecule has 0 aliphatic heterocycles. The van der Waals surface area contributed by atoms with Crippen LogP contribution in [0.25, 0.3) is 0 Å². The van der Waals surface area contributed by atoms with Gasteiger partial charge in [0.15, 0.2) is 12.4 Å². The summed E-state index contributed by atoms with van der Waals surface area (Å²) < 4.78 is 33.8. The number of hydrogen-bond acceptors (Lipinski definition) is 5. The largest absolute Gasteiger partial charge is 0.454 e. The Hall–Kier alpha value is -2.97. The van der Waals surface area contributed by atoms with Gasteiger partial charge in [0.2, 0.25) is 0 Å². The van der Waals surface area contributed by atoms with E-state index in [1.54, 1.807) is 43.3 Å². The van der Waals surface area contributed by atoms with Gasteiger partial charge in [-0.05, 0) is 67.4 Å². The number of halogens is 1. The Morgan fingerprint density at radius 2 is 1.52 bits per heavy atom. The van der Waals surface area contributed by atoms with Gasteiger partial charge in [-0.1, -0.05) is 40.2 Å². The number of ether oxygens (including phenoxy) is 1. The summed E-state index contributed by atoms with van der Waals surface area (Å²) >= 11 is 3.29. The zero-order valence-corrected chi connectivity index (χ0v) is 19.3. The summed E-state index contributed by atoms with van der Waals surface area (Å²) in [7, 11) is -3.77. The van der Waals surface area contributed by atoms with E-state index in [9.17, 15) is 18.0 Å².